The van der Waals surface area contributed by atoms with Gasteiger partial charge in [0.25, 0.3) is 0 Å². The predicted octanol–water partition coefficient (Wildman–Crippen LogP) is 2.68. The van der Waals surface area contributed by atoms with E-state index < -0.39 is 6.09 Å². The van der Waals surface area contributed by atoms with Crippen LogP contribution in [0.1, 0.15) is 20.8 Å². The van der Waals surface area contributed by atoms with Gasteiger partial charge in [0.15, 0.2) is 0 Å². The molecule has 1 unspecified atom stereocenters. The van der Waals surface area contributed by atoms with Crippen molar-refractivity contribution in [3.05, 3.63) is 18.7 Å². The first kappa shape index (κ1) is 12.2. The topological polar surface area (TPSA) is 44.1 Å². The third-order valence-electron chi connectivity index (χ3n) is 2.06. The summed E-state index contributed by atoms with van der Waals surface area (Å²) in [6.45, 7) is 6.08. The Kier molecular flexibility index (Phi) is 3.90. The molecule has 5 heteroatoms. The summed E-state index contributed by atoms with van der Waals surface area (Å²) in [7, 11) is 0. The van der Waals surface area contributed by atoms with Crippen LogP contribution in [0.15, 0.2) is 18.7 Å². The van der Waals surface area contributed by atoms with E-state index in [4.69, 9.17) is 4.74 Å². The molecule has 1 aromatic rings. The van der Waals surface area contributed by atoms with E-state index in [1.54, 1.807) is 12.4 Å². The number of hydrogen-bond donors (Lipinski definition) is 0. The zero-order chi connectivity index (χ0) is 11.5. The van der Waals surface area contributed by atoms with Gasteiger partial charge in [0.1, 0.15) is 12.4 Å². The van der Waals surface area contributed by atoms with Gasteiger partial charge in [-0.15, -0.1) is 0 Å². The number of carbonyl (C=O) groups excluding carboxylic acids is 1. The number of halogens is 1. The van der Waals surface area contributed by atoms with Gasteiger partial charge in [-0.25, -0.2) is 14.3 Å². The van der Waals surface area contributed by atoms with Crippen molar-refractivity contribution in [3.63, 3.8) is 0 Å². The summed E-state index contributed by atoms with van der Waals surface area (Å²) in [4.78, 5) is 15.4. The number of aromatic nitrogens is 2. The average molecular weight is 275 g/mol. The van der Waals surface area contributed by atoms with E-state index in [1.807, 2.05) is 20.8 Å². The lowest BCUT2D eigenvalue weighted by Gasteiger charge is -2.28. The Labute approximate surface area is 97.8 Å². The highest BCUT2D eigenvalue weighted by atomic mass is 79.9. The van der Waals surface area contributed by atoms with Gasteiger partial charge in [-0.05, 0) is 5.41 Å². The molecule has 1 heterocycles. The van der Waals surface area contributed by atoms with Crippen molar-refractivity contribution in [2.24, 2.45) is 5.41 Å². The highest BCUT2D eigenvalue weighted by Gasteiger charge is 2.27. The fourth-order valence-corrected chi connectivity index (χ4v) is 2.09. The van der Waals surface area contributed by atoms with E-state index in [2.05, 4.69) is 20.9 Å². The molecule has 4 nitrogen and oxygen atoms in total. The second kappa shape index (κ2) is 4.79. The number of rotatable bonds is 2. The lowest BCUT2D eigenvalue weighted by molar-refractivity contribution is 0.0483. The third kappa shape index (κ3) is 3.34. The molecule has 0 radical (unpaired) electrons. The van der Waals surface area contributed by atoms with Crippen LogP contribution >= 0.6 is 15.9 Å². The minimum Gasteiger partial charge on any atom is -0.444 e. The fraction of sp³-hybridized carbons (Fsp3) is 0.600. The van der Waals surface area contributed by atoms with Crippen LogP contribution in [0, 0.1) is 5.41 Å². The molecule has 0 aliphatic heterocycles. The standard InChI is InChI=1S/C10H15BrN2O2/c1-10(2,3)8(6-11)15-9(14)13-5-4-12-7-13/h4-5,7-8H,6H2,1-3H3. The molecule has 0 aliphatic rings. The molecule has 0 spiro atoms. The molecule has 0 fully saturated rings. The maximum atomic E-state index is 11.6. The normalized spacial score (nSPS) is 13.6. The van der Waals surface area contributed by atoms with Gasteiger partial charge in [-0.1, -0.05) is 36.7 Å². The van der Waals surface area contributed by atoms with Gasteiger partial charge < -0.3 is 4.74 Å². The van der Waals surface area contributed by atoms with Gasteiger partial charge in [-0.3, -0.25) is 0 Å². The fourth-order valence-electron chi connectivity index (χ4n) is 0.989. The first-order valence-corrected chi connectivity index (χ1v) is 5.82. The Balaban J connectivity index is 2.65. The molecule has 15 heavy (non-hydrogen) atoms. The molecule has 0 amide bonds. The number of alkyl halides is 1. The molecule has 0 aliphatic carbocycles. The zero-order valence-corrected chi connectivity index (χ0v) is 10.7. The first-order chi connectivity index (χ1) is 6.95. The first-order valence-electron chi connectivity index (χ1n) is 4.70. The van der Waals surface area contributed by atoms with Crippen LogP contribution in [0.5, 0.6) is 0 Å². The number of carbonyl (C=O) groups is 1. The Morgan fingerprint density at radius 2 is 2.27 bits per heavy atom. The summed E-state index contributed by atoms with van der Waals surface area (Å²) in [6, 6.07) is 0. The largest absolute Gasteiger partial charge is 0.444 e. The number of hydrogen-bond acceptors (Lipinski definition) is 3. The lowest BCUT2D eigenvalue weighted by Crippen LogP contribution is -2.34. The van der Waals surface area contributed by atoms with Crippen LogP contribution < -0.4 is 0 Å². The average Bonchev–Trinajstić information content (AvgIpc) is 2.64. The van der Waals surface area contributed by atoms with E-state index in [0.29, 0.717) is 5.33 Å². The number of imidazole rings is 1. The van der Waals surface area contributed by atoms with Crippen molar-refractivity contribution in [3.8, 4) is 0 Å². The summed E-state index contributed by atoms with van der Waals surface area (Å²) >= 11 is 3.34. The van der Waals surface area contributed by atoms with Gasteiger partial charge in [0.05, 0.1) is 0 Å². The van der Waals surface area contributed by atoms with Crippen LogP contribution in [0.3, 0.4) is 0 Å². The molecule has 84 valence electrons. The van der Waals surface area contributed by atoms with Crippen LogP contribution in [0.4, 0.5) is 4.79 Å². The predicted molar refractivity (Wildman–Crippen MR) is 61.1 cm³/mol. The second-order valence-corrected chi connectivity index (χ2v) is 5.01. The molecule has 0 N–H and O–H groups in total. The molecule has 0 saturated heterocycles. The van der Waals surface area contributed by atoms with Crippen LogP contribution in [0.25, 0.3) is 0 Å². The Morgan fingerprint density at radius 1 is 1.60 bits per heavy atom. The van der Waals surface area contributed by atoms with Crippen molar-refractivity contribution in [1.82, 2.24) is 9.55 Å². The summed E-state index contributed by atoms with van der Waals surface area (Å²) in [6.07, 6.45) is 3.98. The summed E-state index contributed by atoms with van der Waals surface area (Å²) < 4.78 is 6.67. The molecule has 1 rings (SSSR count). The quantitative estimate of drug-likeness (QED) is 0.779. The van der Waals surface area contributed by atoms with E-state index >= 15 is 0 Å². The molecular weight excluding hydrogens is 260 g/mol. The van der Waals surface area contributed by atoms with Crippen LogP contribution in [0.2, 0.25) is 0 Å². The Morgan fingerprint density at radius 3 is 2.67 bits per heavy atom. The SMILES string of the molecule is CC(C)(C)C(CBr)OC(=O)n1ccnc1. The van der Waals surface area contributed by atoms with Gasteiger partial charge in [0.2, 0.25) is 0 Å². The van der Waals surface area contributed by atoms with Crippen molar-refractivity contribution in [1.29, 1.82) is 0 Å². The van der Waals surface area contributed by atoms with Crippen molar-refractivity contribution in [2.75, 3.05) is 5.33 Å². The minimum atomic E-state index is -0.396. The van der Waals surface area contributed by atoms with Crippen molar-refractivity contribution < 1.29 is 9.53 Å². The smallest absolute Gasteiger partial charge is 0.419 e. The van der Waals surface area contributed by atoms with Gasteiger partial charge >= 0.3 is 6.09 Å². The molecule has 0 saturated carbocycles. The zero-order valence-electron chi connectivity index (χ0n) is 9.11. The van der Waals surface area contributed by atoms with Crippen molar-refractivity contribution >= 4 is 22.0 Å². The van der Waals surface area contributed by atoms with E-state index in [0.717, 1.165) is 0 Å². The van der Waals surface area contributed by atoms with E-state index in [1.165, 1.54) is 10.9 Å². The third-order valence-corrected chi connectivity index (χ3v) is 2.65. The van der Waals surface area contributed by atoms with Crippen molar-refractivity contribution in [2.45, 2.75) is 26.9 Å². The molecular formula is C10H15BrN2O2. The summed E-state index contributed by atoms with van der Waals surface area (Å²) in [5.74, 6) is 0. The summed E-state index contributed by atoms with van der Waals surface area (Å²) in [5.41, 5.74) is -0.0836. The number of ether oxygens (including phenoxy) is 1. The number of nitrogens with zero attached hydrogens (tertiary/aromatic N) is 2. The van der Waals surface area contributed by atoms with E-state index in [-0.39, 0.29) is 11.5 Å². The molecule has 1 atom stereocenters. The van der Waals surface area contributed by atoms with Gasteiger partial charge in [-0.2, -0.15) is 0 Å². The maximum absolute atomic E-state index is 11.6. The lowest BCUT2D eigenvalue weighted by atomic mass is 9.90. The van der Waals surface area contributed by atoms with Gasteiger partial charge in [0, 0.05) is 17.7 Å². The maximum Gasteiger partial charge on any atom is 0.419 e. The minimum absolute atomic E-state index is 0.0836. The Hall–Kier alpha value is -0.840. The monoisotopic (exact) mass is 274 g/mol. The summed E-state index contributed by atoms with van der Waals surface area (Å²) in [5, 5.41) is 0.622. The second-order valence-electron chi connectivity index (χ2n) is 4.36. The molecule has 1 aromatic heterocycles. The highest BCUT2D eigenvalue weighted by Crippen LogP contribution is 2.24. The molecule has 0 aromatic carbocycles. The molecule has 0 bridgehead atoms. The highest BCUT2D eigenvalue weighted by molar-refractivity contribution is 9.09. The van der Waals surface area contributed by atoms with Crippen LogP contribution in [-0.4, -0.2) is 27.1 Å². The van der Waals surface area contributed by atoms with Crippen LogP contribution in [-0.2, 0) is 4.74 Å². The Bertz CT molecular complexity index is 317. The van der Waals surface area contributed by atoms with E-state index in [9.17, 15) is 4.79 Å².